The van der Waals surface area contributed by atoms with Gasteiger partial charge in [-0.15, -0.1) is 0 Å². The Morgan fingerprint density at radius 3 is 2.62 bits per heavy atom. The van der Waals surface area contributed by atoms with E-state index in [2.05, 4.69) is 26.5 Å². The number of aromatic hydroxyl groups is 1. The zero-order valence-electron chi connectivity index (χ0n) is 12.9. The topological polar surface area (TPSA) is 70.9 Å². The van der Waals surface area contributed by atoms with Gasteiger partial charge in [-0.3, -0.25) is 4.79 Å². The second-order valence-electron chi connectivity index (χ2n) is 4.86. The molecule has 0 aliphatic rings. The Morgan fingerprint density at radius 2 is 2.00 bits per heavy atom. The lowest BCUT2D eigenvalue weighted by Crippen LogP contribution is -2.26. The van der Waals surface area contributed by atoms with Gasteiger partial charge in [-0.25, -0.2) is 5.43 Å². The van der Waals surface area contributed by atoms with Crippen LogP contribution in [-0.2, 0) is 4.79 Å². The molecule has 0 heterocycles. The van der Waals surface area contributed by atoms with E-state index in [4.69, 9.17) is 16.3 Å². The molecule has 0 spiro atoms. The van der Waals surface area contributed by atoms with Gasteiger partial charge in [-0.1, -0.05) is 34.5 Å². The van der Waals surface area contributed by atoms with E-state index in [0.29, 0.717) is 22.9 Å². The lowest BCUT2D eigenvalue weighted by molar-refractivity contribution is -0.123. The number of hydrogen-bond acceptors (Lipinski definition) is 4. The Labute approximate surface area is 153 Å². The average molecular weight is 412 g/mol. The summed E-state index contributed by atoms with van der Waals surface area (Å²) in [4.78, 5) is 11.9. The second-order valence-corrected chi connectivity index (χ2v) is 6.18. The summed E-state index contributed by atoms with van der Waals surface area (Å²) in [5, 5.41) is 13.8. The molecule has 0 aromatic heterocycles. The van der Waals surface area contributed by atoms with E-state index >= 15 is 0 Å². The third-order valence-electron chi connectivity index (χ3n) is 3.10. The molecule has 0 saturated carbocycles. The van der Waals surface area contributed by atoms with Gasteiger partial charge in [0.25, 0.3) is 5.91 Å². The normalized spacial score (nSPS) is 11.2. The molecule has 0 bridgehead atoms. The van der Waals surface area contributed by atoms with Crippen molar-refractivity contribution in [3.8, 4) is 11.5 Å². The van der Waals surface area contributed by atoms with Gasteiger partial charge in [0, 0.05) is 4.47 Å². The number of phenols is 1. The Kier molecular flexibility index (Phi) is 6.63. The van der Waals surface area contributed by atoms with Crippen molar-refractivity contribution in [2.75, 3.05) is 6.61 Å². The van der Waals surface area contributed by atoms with Crippen molar-refractivity contribution in [2.45, 2.75) is 13.3 Å². The van der Waals surface area contributed by atoms with Crippen molar-refractivity contribution >= 4 is 39.1 Å². The van der Waals surface area contributed by atoms with Crippen LogP contribution in [0.25, 0.3) is 0 Å². The van der Waals surface area contributed by atoms with Crippen molar-refractivity contribution in [2.24, 2.45) is 5.10 Å². The number of benzene rings is 2. The van der Waals surface area contributed by atoms with Crippen LogP contribution in [0.3, 0.4) is 0 Å². The van der Waals surface area contributed by atoms with Crippen LogP contribution in [0.2, 0.25) is 5.02 Å². The zero-order chi connectivity index (χ0) is 17.5. The number of rotatable bonds is 6. The first kappa shape index (κ1) is 18.3. The molecule has 0 aliphatic carbocycles. The molecule has 0 saturated heterocycles. The number of nitrogens with one attached hydrogen (secondary N) is 1. The maximum atomic E-state index is 11.9. The summed E-state index contributed by atoms with van der Waals surface area (Å²) in [5.74, 6) is 0.213. The molecule has 0 atom stereocenters. The highest BCUT2D eigenvalue weighted by atomic mass is 79.9. The molecule has 0 aliphatic heterocycles. The van der Waals surface area contributed by atoms with Crippen LogP contribution in [0.5, 0.6) is 11.5 Å². The molecular weight excluding hydrogens is 396 g/mol. The van der Waals surface area contributed by atoms with Crippen LogP contribution in [0.15, 0.2) is 52.0 Å². The summed E-state index contributed by atoms with van der Waals surface area (Å²) in [7, 11) is 0. The average Bonchev–Trinajstić information content (AvgIpc) is 2.56. The standard InChI is InChI=1S/C17H16BrClN2O3/c1-2-15(11-3-6-13(22)7-4-11)20-21-17(23)10-24-16-8-5-12(18)9-14(16)19/h3-9,22H,2,10H2,1H3,(H,21,23)/b20-15+. The summed E-state index contributed by atoms with van der Waals surface area (Å²) in [5.41, 5.74) is 3.98. The Bertz CT molecular complexity index is 748. The molecular formula is C17H16BrClN2O3. The van der Waals surface area contributed by atoms with Gasteiger partial charge >= 0.3 is 0 Å². The third kappa shape index (κ3) is 5.25. The number of hydrazone groups is 1. The maximum absolute atomic E-state index is 11.9. The molecule has 0 unspecified atom stereocenters. The van der Waals surface area contributed by atoms with E-state index in [1.807, 2.05) is 6.92 Å². The molecule has 24 heavy (non-hydrogen) atoms. The van der Waals surface area contributed by atoms with E-state index in [1.165, 1.54) is 0 Å². The molecule has 2 rings (SSSR count). The minimum atomic E-state index is -0.390. The first-order valence-electron chi connectivity index (χ1n) is 7.22. The summed E-state index contributed by atoms with van der Waals surface area (Å²) < 4.78 is 6.20. The molecule has 2 aromatic carbocycles. The molecule has 126 valence electrons. The molecule has 7 heteroatoms. The monoisotopic (exact) mass is 410 g/mol. The fourth-order valence-corrected chi connectivity index (χ4v) is 2.63. The first-order valence-corrected chi connectivity index (χ1v) is 8.39. The number of hydrogen-bond donors (Lipinski definition) is 2. The predicted molar refractivity (Wildman–Crippen MR) is 97.7 cm³/mol. The minimum absolute atomic E-state index is 0.179. The minimum Gasteiger partial charge on any atom is -0.508 e. The Morgan fingerprint density at radius 1 is 1.29 bits per heavy atom. The highest BCUT2D eigenvalue weighted by Gasteiger charge is 2.07. The molecule has 1 amide bonds. The van der Waals surface area contributed by atoms with Gasteiger partial charge < -0.3 is 9.84 Å². The number of carbonyl (C=O) groups is 1. The van der Waals surface area contributed by atoms with E-state index in [-0.39, 0.29) is 12.4 Å². The number of phenolic OH excluding ortho intramolecular Hbond substituents is 1. The van der Waals surface area contributed by atoms with E-state index in [9.17, 15) is 9.90 Å². The number of amides is 1. The molecule has 2 aromatic rings. The van der Waals surface area contributed by atoms with E-state index in [0.717, 1.165) is 10.0 Å². The van der Waals surface area contributed by atoms with Gasteiger partial charge in [-0.05, 0) is 54.4 Å². The molecule has 0 fully saturated rings. The summed E-state index contributed by atoms with van der Waals surface area (Å²) >= 11 is 9.32. The number of ether oxygens (including phenoxy) is 1. The first-order chi connectivity index (χ1) is 11.5. The van der Waals surface area contributed by atoms with Crippen molar-refractivity contribution in [3.63, 3.8) is 0 Å². The molecule has 2 N–H and O–H groups in total. The van der Waals surface area contributed by atoms with E-state index < -0.39 is 5.91 Å². The van der Waals surface area contributed by atoms with Crippen molar-refractivity contribution < 1.29 is 14.6 Å². The third-order valence-corrected chi connectivity index (χ3v) is 3.89. The lowest BCUT2D eigenvalue weighted by Gasteiger charge is -2.08. The van der Waals surface area contributed by atoms with Crippen LogP contribution in [-0.4, -0.2) is 23.3 Å². The number of carbonyl (C=O) groups excluding carboxylic acids is 1. The van der Waals surface area contributed by atoms with Gasteiger partial charge in [-0.2, -0.15) is 5.10 Å². The highest BCUT2D eigenvalue weighted by molar-refractivity contribution is 9.10. The fourth-order valence-electron chi connectivity index (χ4n) is 1.90. The summed E-state index contributed by atoms with van der Waals surface area (Å²) in [6, 6.07) is 11.8. The van der Waals surface area contributed by atoms with Crippen molar-refractivity contribution in [1.82, 2.24) is 5.43 Å². The van der Waals surface area contributed by atoms with Crippen LogP contribution in [0.4, 0.5) is 0 Å². The van der Waals surface area contributed by atoms with Crippen molar-refractivity contribution in [1.29, 1.82) is 0 Å². The predicted octanol–water partition coefficient (Wildman–Crippen LogP) is 4.12. The summed E-state index contributed by atoms with van der Waals surface area (Å²) in [6.07, 6.45) is 0.629. The number of nitrogens with zero attached hydrogens (tertiary/aromatic N) is 1. The maximum Gasteiger partial charge on any atom is 0.277 e. The van der Waals surface area contributed by atoms with Crippen LogP contribution in [0, 0.1) is 0 Å². The van der Waals surface area contributed by atoms with Crippen LogP contribution >= 0.6 is 27.5 Å². The van der Waals surface area contributed by atoms with Gasteiger partial charge in [0.1, 0.15) is 11.5 Å². The highest BCUT2D eigenvalue weighted by Crippen LogP contribution is 2.27. The number of halogens is 2. The molecule has 0 radical (unpaired) electrons. The smallest absolute Gasteiger partial charge is 0.277 e. The van der Waals surface area contributed by atoms with Crippen molar-refractivity contribution in [3.05, 3.63) is 57.5 Å². The fraction of sp³-hybridized carbons (Fsp3) is 0.176. The quantitative estimate of drug-likeness (QED) is 0.555. The Balaban J connectivity index is 1.94. The van der Waals surface area contributed by atoms with Gasteiger partial charge in [0.15, 0.2) is 6.61 Å². The summed E-state index contributed by atoms with van der Waals surface area (Å²) in [6.45, 7) is 1.73. The lowest BCUT2D eigenvalue weighted by atomic mass is 10.1. The van der Waals surface area contributed by atoms with E-state index in [1.54, 1.807) is 42.5 Å². The second kappa shape index (κ2) is 8.70. The van der Waals surface area contributed by atoms with Crippen LogP contribution < -0.4 is 10.2 Å². The largest absolute Gasteiger partial charge is 0.508 e. The van der Waals surface area contributed by atoms with Gasteiger partial charge in [0.2, 0.25) is 0 Å². The molecule has 5 nitrogen and oxygen atoms in total. The SMILES string of the molecule is CC/C(=N\NC(=O)COc1ccc(Br)cc1Cl)c1ccc(O)cc1. The van der Waals surface area contributed by atoms with Gasteiger partial charge in [0.05, 0.1) is 10.7 Å². The zero-order valence-corrected chi connectivity index (χ0v) is 15.3. The Hall–Kier alpha value is -2.05. The van der Waals surface area contributed by atoms with Crippen LogP contribution in [0.1, 0.15) is 18.9 Å².